The standard InChI is InChI=1S/C16H19F3N2O3/c1-10(2)8-12-9-15(23,16(17,18)19)21(20-12)14(22)11-4-6-13(24-3)7-5-11/h4-7,10,23H,8-9H2,1-3H3/t15-/m0/s1. The molecule has 0 saturated heterocycles. The highest BCUT2D eigenvalue weighted by atomic mass is 19.4. The summed E-state index contributed by atoms with van der Waals surface area (Å²) in [6, 6.07) is 5.56. The number of halogens is 3. The van der Waals surface area contributed by atoms with Gasteiger partial charge in [0.1, 0.15) is 5.75 Å². The number of nitrogens with zero attached hydrogens (tertiary/aromatic N) is 2. The zero-order valence-electron chi connectivity index (χ0n) is 13.6. The van der Waals surface area contributed by atoms with Crippen molar-refractivity contribution in [3.8, 4) is 5.75 Å². The summed E-state index contributed by atoms with van der Waals surface area (Å²) in [7, 11) is 1.43. The topological polar surface area (TPSA) is 62.1 Å². The molecule has 0 aliphatic carbocycles. The Hall–Kier alpha value is -2.09. The van der Waals surface area contributed by atoms with Crippen LogP contribution in [0.2, 0.25) is 0 Å². The van der Waals surface area contributed by atoms with E-state index in [0.29, 0.717) is 5.75 Å². The summed E-state index contributed by atoms with van der Waals surface area (Å²) in [4.78, 5) is 12.5. The summed E-state index contributed by atoms with van der Waals surface area (Å²) in [6.45, 7) is 3.65. The molecular weight excluding hydrogens is 325 g/mol. The fourth-order valence-corrected chi connectivity index (χ4v) is 2.49. The van der Waals surface area contributed by atoms with E-state index in [-0.39, 0.29) is 28.6 Å². The third-order valence-electron chi connectivity index (χ3n) is 3.67. The van der Waals surface area contributed by atoms with E-state index in [1.807, 2.05) is 13.8 Å². The first-order chi connectivity index (χ1) is 11.1. The lowest BCUT2D eigenvalue weighted by molar-refractivity contribution is -0.297. The van der Waals surface area contributed by atoms with Gasteiger partial charge in [0.2, 0.25) is 0 Å². The summed E-state index contributed by atoms with van der Waals surface area (Å²) in [6.07, 6.45) is -5.49. The Morgan fingerprint density at radius 2 is 1.96 bits per heavy atom. The van der Waals surface area contributed by atoms with Crippen molar-refractivity contribution in [2.45, 2.75) is 38.6 Å². The molecule has 0 fully saturated rings. The van der Waals surface area contributed by atoms with Crippen molar-refractivity contribution in [3.63, 3.8) is 0 Å². The number of hydrogen-bond acceptors (Lipinski definition) is 4. The van der Waals surface area contributed by atoms with E-state index in [2.05, 4.69) is 5.10 Å². The van der Waals surface area contributed by atoms with E-state index in [1.165, 1.54) is 31.4 Å². The number of hydrazone groups is 1. The molecule has 2 rings (SSSR count). The molecule has 1 N–H and O–H groups in total. The van der Waals surface area contributed by atoms with Crippen molar-refractivity contribution in [2.24, 2.45) is 11.0 Å². The second-order valence-electron chi connectivity index (χ2n) is 6.10. The highest BCUT2D eigenvalue weighted by Gasteiger charge is 2.63. The highest BCUT2D eigenvalue weighted by Crippen LogP contribution is 2.41. The van der Waals surface area contributed by atoms with E-state index in [9.17, 15) is 23.1 Å². The largest absolute Gasteiger partial charge is 0.497 e. The Labute approximate surface area is 137 Å². The first-order valence-corrected chi connectivity index (χ1v) is 7.42. The smallest absolute Gasteiger partial charge is 0.438 e. The van der Waals surface area contributed by atoms with Crippen LogP contribution in [0.15, 0.2) is 29.4 Å². The fraction of sp³-hybridized carbons (Fsp3) is 0.500. The van der Waals surface area contributed by atoms with Crippen LogP contribution in [0.3, 0.4) is 0 Å². The fourth-order valence-electron chi connectivity index (χ4n) is 2.49. The van der Waals surface area contributed by atoms with Crippen LogP contribution in [0.5, 0.6) is 5.75 Å². The Morgan fingerprint density at radius 1 is 1.38 bits per heavy atom. The molecular formula is C16H19F3N2O3. The third-order valence-corrected chi connectivity index (χ3v) is 3.67. The second-order valence-corrected chi connectivity index (χ2v) is 6.10. The van der Waals surface area contributed by atoms with Crippen LogP contribution in [0.4, 0.5) is 13.2 Å². The first-order valence-electron chi connectivity index (χ1n) is 7.42. The molecule has 0 bridgehead atoms. The maximum Gasteiger partial charge on any atom is 0.438 e. The van der Waals surface area contributed by atoms with Gasteiger partial charge in [-0.1, -0.05) is 13.8 Å². The summed E-state index contributed by atoms with van der Waals surface area (Å²) >= 11 is 0. The number of benzene rings is 1. The van der Waals surface area contributed by atoms with Crippen molar-refractivity contribution in [1.82, 2.24) is 5.01 Å². The SMILES string of the molecule is COc1ccc(C(=O)N2N=C(CC(C)C)C[C@]2(O)C(F)(F)F)cc1. The van der Waals surface area contributed by atoms with E-state index in [4.69, 9.17) is 4.74 Å². The number of carbonyl (C=O) groups is 1. The number of methoxy groups -OCH3 is 1. The van der Waals surface area contributed by atoms with Crippen molar-refractivity contribution in [1.29, 1.82) is 0 Å². The molecule has 0 saturated carbocycles. The quantitative estimate of drug-likeness (QED) is 0.912. The monoisotopic (exact) mass is 344 g/mol. The molecule has 0 spiro atoms. The van der Waals surface area contributed by atoms with Crippen LogP contribution in [0.25, 0.3) is 0 Å². The number of rotatable bonds is 4. The molecule has 8 heteroatoms. The minimum absolute atomic E-state index is 0.0204. The van der Waals surface area contributed by atoms with Gasteiger partial charge >= 0.3 is 6.18 Å². The van der Waals surface area contributed by atoms with Crippen LogP contribution in [0, 0.1) is 5.92 Å². The van der Waals surface area contributed by atoms with Crippen LogP contribution in [0.1, 0.15) is 37.0 Å². The van der Waals surface area contributed by atoms with Gasteiger partial charge in [0, 0.05) is 17.7 Å². The number of aliphatic hydroxyl groups is 1. The summed E-state index contributed by atoms with van der Waals surface area (Å²) in [5.74, 6) is -0.503. The number of carbonyl (C=O) groups excluding carboxylic acids is 1. The van der Waals surface area contributed by atoms with Gasteiger partial charge in [0.15, 0.2) is 0 Å². The summed E-state index contributed by atoms with van der Waals surface area (Å²) < 4.78 is 45.0. The minimum Gasteiger partial charge on any atom is -0.497 e. The van der Waals surface area contributed by atoms with Gasteiger partial charge in [-0.3, -0.25) is 4.79 Å². The molecule has 1 aliphatic rings. The molecule has 1 aliphatic heterocycles. The van der Waals surface area contributed by atoms with Crippen molar-refractivity contribution in [3.05, 3.63) is 29.8 Å². The van der Waals surface area contributed by atoms with Crippen molar-refractivity contribution in [2.75, 3.05) is 7.11 Å². The predicted octanol–water partition coefficient (Wildman–Crippen LogP) is 3.19. The summed E-state index contributed by atoms with van der Waals surface area (Å²) in [5.41, 5.74) is -3.20. The number of amides is 1. The van der Waals surface area contributed by atoms with Crippen LogP contribution >= 0.6 is 0 Å². The molecule has 0 aromatic heterocycles. The van der Waals surface area contributed by atoms with Crippen LogP contribution in [-0.4, -0.2) is 40.7 Å². The Balaban J connectivity index is 2.37. The number of ether oxygens (including phenoxy) is 1. The van der Waals surface area contributed by atoms with E-state index in [1.54, 1.807) is 0 Å². The van der Waals surface area contributed by atoms with Gasteiger partial charge < -0.3 is 9.84 Å². The minimum atomic E-state index is -5.02. The number of alkyl halides is 3. The normalized spacial score (nSPS) is 21.2. The molecule has 1 heterocycles. The molecule has 1 aromatic rings. The Bertz CT molecular complexity index is 641. The highest BCUT2D eigenvalue weighted by molar-refractivity contribution is 5.98. The Morgan fingerprint density at radius 3 is 2.42 bits per heavy atom. The molecule has 0 radical (unpaired) electrons. The average Bonchev–Trinajstić information content (AvgIpc) is 2.83. The van der Waals surface area contributed by atoms with Crippen molar-refractivity contribution < 1.29 is 27.8 Å². The van der Waals surface area contributed by atoms with Crippen LogP contribution < -0.4 is 4.74 Å². The maximum atomic E-state index is 13.4. The van der Waals surface area contributed by atoms with E-state index < -0.39 is 24.2 Å². The average molecular weight is 344 g/mol. The van der Waals surface area contributed by atoms with Gasteiger partial charge in [-0.05, 0) is 36.6 Å². The van der Waals surface area contributed by atoms with E-state index in [0.717, 1.165) is 0 Å². The zero-order chi connectivity index (χ0) is 18.1. The van der Waals surface area contributed by atoms with Gasteiger partial charge in [0.05, 0.1) is 7.11 Å². The van der Waals surface area contributed by atoms with Gasteiger partial charge in [-0.25, -0.2) is 0 Å². The zero-order valence-corrected chi connectivity index (χ0v) is 13.6. The third kappa shape index (κ3) is 3.38. The first kappa shape index (κ1) is 18.3. The van der Waals surface area contributed by atoms with Crippen LogP contribution in [-0.2, 0) is 0 Å². The summed E-state index contributed by atoms with van der Waals surface area (Å²) in [5, 5.41) is 14.1. The van der Waals surface area contributed by atoms with Gasteiger partial charge in [-0.2, -0.15) is 23.3 Å². The van der Waals surface area contributed by atoms with E-state index >= 15 is 0 Å². The molecule has 1 atom stereocenters. The molecule has 132 valence electrons. The molecule has 1 amide bonds. The van der Waals surface area contributed by atoms with Gasteiger partial charge in [0.25, 0.3) is 11.6 Å². The molecule has 0 unspecified atom stereocenters. The lowest BCUT2D eigenvalue weighted by Gasteiger charge is -2.32. The molecule has 1 aromatic carbocycles. The lowest BCUT2D eigenvalue weighted by Crippen LogP contribution is -2.56. The van der Waals surface area contributed by atoms with Gasteiger partial charge in [-0.15, -0.1) is 0 Å². The van der Waals surface area contributed by atoms with Crippen molar-refractivity contribution >= 4 is 11.6 Å². The molecule has 5 nitrogen and oxygen atoms in total. The lowest BCUT2D eigenvalue weighted by atomic mass is 9.99. The molecule has 24 heavy (non-hydrogen) atoms. The maximum absolute atomic E-state index is 13.4. The Kier molecular flexibility index (Phi) is 4.89. The number of hydrogen-bond donors (Lipinski definition) is 1. The predicted molar refractivity (Wildman–Crippen MR) is 81.7 cm³/mol. The second kappa shape index (κ2) is 6.43.